The third-order valence-corrected chi connectivity index (χ3v) is 2.92. The summed E-state index contributed by atoms with van der Waals surface area (Å²) in [5.41, 5.74) is 5.81. The summed E-state index contributed by atoms with van der Waals surface area (Å²) < 4.78 is 5.66. The quantitative estimate of drug-likeness (QED) is 0.589. The van der Waals surface area contributed by atoms with Gasteiger partial charge in [-0.2, -0.15) is 0 Å². The lowest BCUT2D eigenvalue weighted by Crippen LogP contribution is -2.34. The van der Waals surface area contributed by atoms with Crippen LogP contribution in [0.2, 0.25) is 0 Å². The standard InChI is InChI=1S/C8H15NO/c1-2-5-3-8-6(9)4-7(5)10-8/h5-8H,2-4,9H2,1H3/t5-,6-,7-,8-/m1/s1. The van der Waals surface area contributed by atoms with Crippen molar-refractivity contribution < 1.29 is 4.74 Å². The first-order valence-electron chi connectivity index (χ1n) is 4.22. The molecule has 2 heteroatoms. The summed E-state index contributed by atoms with van der Waals surface area (Å²) in [6.07, 6.45) is 4.47. The monoisotopic (exact) mass is 141 g/mol. The number of fused-ring (bicyclic) bond motifs is 2. The minimum Gasteiger partial charge on any atom is -0.373 e. The molecule has 2 rings (SSSR count). The van der Waals surface area contributed by atoms with Crippen LogP contribution in [0.25, 0.3) is 0 Å². The van der Waals surface area contributed by atoms with Gasteiger partial charge >= 0.3 is 0 Å². The van der Waals surface area contributed by atoms with Crippen LogP contribution in [0, 0.1) is 5.92 Å². The van der Waals surface area contributed by atoms with E-state index in [1.807, 2.05) is 0 Å². The Kier molecular flexibility index (Phi) is 1.46. The third kappa shape index (κ3) is 0.789. The molecule has 58 valence electrons. The first kappa shape index (κ1) is 6.62. The molecule has 0 aromatic heterocycles. The highest BCUT2D eigenvalue weighted by molar-refractivity contribution is 4.96. The zero-order valence-corrected chi connectivity index (χ0v) is 6.42. The Morgan fingerprint density at radius 2 is 2.20 bits per heavy atom. The van der Waals surface area contributed by atoms with Gasteiger partial charge in [0.2, 0.25) is 0 Å². The summed E-state index contributed by atoms with van der Waals surface area (Å²) in [4.78, 5) is 0. The molecule has 2 N–H and O–H groups in total. The molecule has 4 atom stereocenters. The minimum absolute atomic E-state index is 0.341. The zero-order valence-electron chi connectivity index (χ0n) is 6.42. The smallest absolute Gasteiger partial charge is 0.0734 e. The van der Waals surface area contributed by atoms with Crippen molar-refractivity contribution >= 4 is 0 Å². The van der Waals surface area contributed by atoms with Crippen LogP contribution in [-0.2, 0) is 4.74 Å². The highest BCUT2D eigenvalue weighted by Crippen LogP contribution is 2.39. The number of hydrogen-bond acceptors (Lipinski definition) is 2. The van der Waals surface area contributed by atoms with Crippen LogP contribution in [0.3, 0.4) is 0 Å². The fraction of sp³-hybridized carbons (Fsp3) is 1.00. The van der Waals surface area contributed by atoms with Crippen LogP contribution < -0.4 is 5.73 Å². The molecule has 2 nitrogen and oxygen atoms in total. The van der Waals surface area contributed by atoms with Crippen LogP contribution in [0.15, 0.2) is 0 Å². The fourth-order valence-corrected chi connectivity index (χ4v) is 2.21. The maximum atomic E-state index is 5.81. The van der Waals surface area contributed by atoms with Gasteiger partial charge in [-0.15, -0.1) is 0 Å². The van der Waals surface area contributed by atoms with Crippen molar-refractivity contribution in [3.05, 3.63) is 0 Å². The van der Waals surface area contributed by atoms with Gasteiger partial charge in [-0.05, 0) is 18.8 Å². The SMILES string of the molecule is CC[C@@H]1C[C@H]2O[C@@H]1C[C@H]2N. The topological polar surface area (TPSA) is 35.2 Å². The van der Waals surface area contributed by atoms with E-state index in [1.54, 1.807) is 0 Å². The molecule has 2 saturated heterocycles. The first-order valence-corrected chi connectivity index (χ1v) is 4.22. The number of nitrogens with two attached hydrogens (primary N) is 1. The fourth-order valence-electron chi connectivity index (χ4n) is 2.21. The average molecular weight is 141 g/mol. The lowest BCUT2D eigenvalue weighted by molar-refractivity contribution is 0.0896. The van der Waals surface area contributed by atoms with Gasteiger partial charge in [-0.3, -0.25) is 0 Å². The van der Waals surface area contributed by atoms with Gasteiger partial charge < -0.3 is 10.5 Å². The molecule has 0 aromatic carbocycles. The van der Waals surface area contributed by atoms with Crippen molar-refractivity contribution in [2.75, 3.05) is 0 Å². The number of rotatable bonds is 1. The lowest BCUT2D eigenvalue weighted by Gasteiger charge is -2.19. The van der Waals surface area contributed by atoms with Gasteiger partial charge in [-0.1, -0.05) is 13.3 Å². The molecule has 0 spiro atoms. The number of hydrogen-bond donors (Lipinski definition) is 1. The van der Waals surface area contributed by atoms with Gasteiger partial charge in [0.05, 0.1) is 12.2 Å². The molecule has 2 heterocycles. The van der Waals surface area contributed by atoms with Gasteiger partial charge in [0.15, 0.2) is 0 Å². The Morgan fingerprint density at radius 1 is 1.40 bits per heavy atom. The van der Waals surface area contributed by atoms with E-state index in [0.717, 1.165) is 12.3 Å². The molecule has 0 amide bonds. The van der Waals surface area contributed by atoms with Crippen molar-refractivity contribution in [1.82, 2.24) is 0 Å². The van der Waals surface area contributed by atoms with Crippen LogP contribution >= 0.6 is 0 Å². The van der Waals surface area contributed by atoms with Gasteiger partial charge in [0, 0.05) is 6.04 Å². The van der Waals surface area contributed by atoms with Crippen molar-refractivity contribution in [3.63, 3.8) is 0 Å². The molecular formula is C8H15NO. The Bertz CT molecular complexity index is 135. The highest BCUT2D eigenvalue weighted by atomic mass is 16.5. The van der Waals surface area contributed by atoms with E-state index in [4.69, 9.17) is 10.5 Å². The van der Waals surface area contributed by atoms with E-state index in [1.165, 1.54) is 12.8 Å². The Hall–Kier alpha value is -0.0800. The lowest BCUT2D eigenvalue weighted by atomic mass is 9.85. The van der Waals surface area contributed by atoms with Crippen LogP contribution in [0.4, 0.5) is 0 Å². The summed E-state index contributed by atoms with van der Waals surface area (Å²) in [6.45, 7) is 2.24. The molecule has 2 fully saturated rings. The summed E-state index contributed by atoms with van der Waals surface area (Å²) in [6, 6.07) is 0.341. The number of ether oxygens (including phenoxy) is 1. The van der Waals surface area contributed by atoms with Crippen LogP contribution in [0.5, 0.6) is 0 Å². The Morgan fingerprint density at radius 3 is 2.60 bits per heavy atom. The summed E-state index contributed by atoms with van der Waals surface area (Å²) in [5.74, 6) is 0.810. The predicted octanol–water partition coefficient (Wildman–Crippen LogP) is 0.901. The largest absolute Gasteiger partial charge is 0.373 e. The second-order valence-electron chi connectivity index (χ2n) is 3.52. The molecule has 0 radical (unpaired) electrons. The van der Waals surface area contributed by atoms with Crippen molar-refractivity contribution in [3.8, 4) is 0 Å². The zero-order chi connectivity index (χ0) is 7.14. The molecule has 10 heavy (non-hydrogen) atoms. The van der Waals surface area contributed by atoms with E-state index in [2.05, 4.69) is 6.92 Å². The third-order valence-electron chi connectivity index (χ3n) is 2.92. The van der Waals surface area contributed by atoms with E-state index in [-0.39, 0.29) is 0 Å². The Labute approximate surface area is 61.7 Å². The maximum absolute atomic E-state index is 5.81. The molecule has 2 aliphatic heterocycles. The molecule has 0 aliphatic carbocycles. The molecule has 0 saturated carbocycles. The molecular weight excluding hydrogens is 126 g/mol. The molecule has 2 aliphatic rings. The van der Waals surface area contributed by atoms with Crippen molar-refractivity contribution in [2.45, 2.75) is 44.4 Å². The van der Waals surface area contributed by atoms with E-state index >= 15 is 0 Å². The van der Waals surface area contributed by atoms with E-state index < -0.39 is 0 Å². The summed E-state index contributed by atoms with van der Waals surface area (Å²) in [7, 11) is 0. The molecule has 0 unspecified atom stereocenters. The predicted molar refractivity (Wildman–Crippen MR) is 39.7 cm³/mol. The van der Waals surface area contributed by atoms with E-state index in [9.17, 15) is 0 Å². The van der Waals surface area contributed by atoms with Gasteiger partial charge in [-0.25, -0.2) is 0 Å². The minimum atomic E-state index is 0.341. The average Bonchev–Trinajstić information content (AvgIpc) is 2.44. The Balaban J connectivity index is 2.02. The van der Waals surface area contributed by atoms with Crippen molar-refractivity contribution in [2.24, 2.45) is 11.7 Å². The second-order valence-corrected chi connectivity index (χ2v) is 3.52. The summed E-state index contributed by atoms with van der Waals surface area (Å²) >= 11 is 0. The van der Waals surface area contributed by atoms with Gasteiger partial charge in [0.25, 0.3) is 0 Å². The summed E-state index contributed by atoms with van der Waals surface area (Å²) in [5, 5.41) is 0. The van der Waals surface area contributed by atoms with Crippen LogP contribution in [-0.4, -0.2) is 18.2 Å². The second kappa shape index (κ2) is 2.21. The molecule has 0 aromatic rings. The normalized spacial score (nSPS) is 52.2. The van der Waals surface area contributed by atoms with Gasteiger partial charge in [0.1, 0.15) is 0 Å². The highest BCUT2D eigenvalue weighted by Gasteiger charge is 2.44. The van der Waals surface area contributed by atoms with E-state index in [0.29, 0.717) is 18.2 Å². The first-order chi connectivity index (χ1) is 4.81. The molecule has 2 bridgehead atoms. The maximum Gasteiger partial charge on any atom is 0.0734 e. The van der Waals surface area contributed by atoms with Crippen LogP contribution in [0.1, 0.15) is 26.2 Å². The van der Waals surface area contributed by atoms with Crippen molar-refractivity contribution in [1.29, 1.82) is 0 Å².